The Hall–Kier alpha value is -4.72. The van der Waals surface area contributed by atoms with Crippen LogP contribution in [0.4, 0.5) is 13.2 Å². The second kappa shape index (κ2) is 21.2. The summed E-state index contributed by atoms with van der Waals surface area (Å²) in [6, 6.07) is 31.2. The van der Waals surface area contributed by atoms with E-state index in [0.29, 0.717) is 0 Å². The van der Waals surface area contributed by atoms with Crippen LogP contribution in [0.5, 0.6) is 0 Å². The number of alkyl halides is 3. The van der Waals surface area contributed by atoms with Crippen molar-refractivity contribution in [2.75, 3.05) is 26.9 Å². The van der Waals surface area contributed by atoms with E-state index >= 15 is 0 Å². The number of aromatic nitrogens is 2. The highest BCUT2D eigenvalue weighted by Crippen LogP contribution is 2.51. The molecule has 4 aromatic rings. The van der Waals surface area contributed by atoms with Gasteiger partial charge in [-0.3, -0.25) is 19.1 Å². The molecule has 1 aliphatic rings. The molecule has 0 aliphatic carbocycles. The van der Waals surface area contributed by atoms with Crippen molar-refractivity contribution < 1.29 is 41.2 Å². The zero-order valence-corrected chi connectivity index (χ0v) is 35.0. The molecule has 2 heterocycles. The summed E-state index contributed by atoms with van der Waals surface area (Å²) in [5.74, 6) is -2.09. The number of aromatic amines is 1. The van der Waals surface area contributed by atoms with Gasteiger partial charge in [0.15, 0.2) is 6.23 Å². The molecule has 0 saturated carbocycles. The first kappa shape index (κ1) is 46.3. The number of H-pyrrole nitrogens is 1. The molecule has 0 radical (unpaired) electrons. The van der Waals surface area contributed by atoms with E-state index in [1.165, 1.54) is 13.3 Å². The number of nitriles is 1. The molecule has 0 bridgehead atoms. The molecule has 17 heteroatoms. The fourth-order valence-electron chi connectivity index (χ4n) is 7.29. The molecule has 1 aliphatic heterocycles. The first-order valence-corrected chi connectivity index (χ1v) is 20.8. The van der Waals surface area contributed by atoms with E-state index < -0.39 is 62.0 Å². The van der Waals surface area contributed by atoms with E-state index in [0.717, 1.165) is 21.3 Å². The van der Waals surface area contributed by atoms with E-state index in [1.807, 2.05) is 119 Å². The molecule has 1 fully saturated rings. The predicted octanol–water partition coefficient (Wildman–Crippen LogP) is 6.73. The number of hydrogen-bond acceptors (Lipinski definition) is 10. The second-order valence-corrected chi connectivity index (χ2v) is 16.1. The third-order valence-electron chi connectivity index (χ3n) is 9.92. The summed E-state index contributed by atoms with van der Waals surface area (Å²) in [5.41, 5.74) is -0.175. The number of nitrogens with one attached hydrogen (secondary N) is 2. The molecule has 3 aromatic carbocycles. The van der Waals surface area contributed by atoms with E-state index in [4.69, 9.17) is 23.3 Å². The van der Waals surface area contributed by atoms with E-state index in [9.17, 15) is 32.8 Å². The summed E-state index contributed by atoms with van der Waals surface area (Å²) in [4.78, 5) is 40.2. The van der Waals surface area contributed by atoms with E-state index in [1.54, 1.807) is 5.32 Å². The van der Waals surface area contributed by atoms with Crippen molar-refractivity contribution in [2.24, 2.45) is 0 Å². The van der Waals surface area contributed by atoms with Gasteiger partial charge in [0.05, 0.1) is 25.7 Å². The minimum Gasteiger partial charge on any atom is -0.374 e. The Labute approximate surface area is 348 Å². The van der Waals surface area contributed by atoms with Gasteiger partial charge in [-0.1, -0.05) is 91.0 Å². The second-order valence-electron chi connectivity index (χ2n) is 14.7. The smallest absolute Gasteiger partial charge is 0.374 e. The van der Waals surface area contributed by atoms with Crippen molar-refractivity contribution in [1.29, 1.82) is 5.26 Å². The van der Waals surface area contributed by atoms with Crippen LogP contribution in [0, 0.1) is 11.3 Å². The number of halogens is 3. The minimum absolute atomic E-state index is 0.0321. The summed E-state index contributed by atoms with van der Waals surface area (Å²) in [6.07, 6.45) is -7.89. The van der Waals surface area contributed by atoms with Gasteiger partial charge in [-0.05, 0) is 57.2 Å². The standard InChI is InChI=1S/C43H51F3N5O8P/c1-29(2)51(30(3)4)60(57-26-16-24-47)59-36-35(28-56-42(32-18-9-6-10-19-32,33-20-11-7-12-21-33)34-22-13-8-14-23-34)58-39(37(36)55-5)50-27-31(38(52)49-41(50)54)17-15-25-48-40(53)43(44,45)46/h6-14,18-23,27,29-30,35-37,39H,15-17,25-26,28H2,1-5H3,(H,48,53)(H,49,52,54). The maximum atomic E-state index is 13.6. The predicted molar refractivity (Wildman–Crippen MR) is 219 cm³/mol. The van der Waals surface area contributed by atoms with Crippen LogP contribution >= 0.6 is 8.53 Å². The average Bonchev–Trinajstić information content (AvgIpc) is 3.57. The van der Waals surface area contributed by atoms with Gasteiger partial charge in [0.1, 0.15) is 23.9 Å². The number of benzene rings is 3. The molecule has 1 aromatic heterocycles. The maximum absolute atomic E-state index is 13.6. The SMILES string of the molecule is COC1C(OP(OCCC#N)N(C(C)C)C(C)C)C(COC(c2ccccc2)(c2ccccc2)c2ccccc2)OC1n1cc(CCCNC(=O)C(F)(F)F)c(=O)[nH]c1=O. The number of nitrogens with zero attached hydrogens (tertiary/aromatic N) is 3. The lowest BCUT2D eigenvalue weighted by molar-refractivity contribution is -0.173. The van der Waals surface area contributed by atoms with Crippen LogP contribution in [0.3, 0.4) is 0 Å². The van der Waals surface area contributed by atoms with Gasteiger partial charge in [-0.25, -0.2) is 9.46 Å². The minimum atomic E-state index is -5.05. The summed E-state index contributed by atoms with van der Waals surface area (Å²) < 4.78 is 74.7. The van der Waals surface area contributed by atoms with Crippen LogP contribution in [0.15, 0.2) is 107 Å². The number of rotatable bonds is 20. The van der Waals surface area contributed by atoms with Crippen molar-refractivity contribution in [2.45, 2.75) is 95.4 Å². The molecule has 60 heavy (non-hydrogen) atoms. The van der Waals surface area contributed by atoms with Crippen molar-refractivity contribution in [3.8, 4) is 6.07 Å². The monoisotopic (exact) mass is 853 g/mol. The zero-order valence-electron chi connectivity index (χ0n) is 34.1. The van der Waals surface area contributed by atoms with Crippen molar-refractivity contribution in [3.63, 3.8) is 0 Å². The lowest BCUT2D eigenvalue weighted by Gasteiger charge is -2.39. The first-order valence-electron chi connectivity index (χ1n) is 19.7. The Morgan fingerprint density at radius 2 is 1.48 bits per heavy atom. The Bertz CT molecular complexity index is 2030. The number of amides is 1. The van der Waals surface area contributed by atoms with Gasteiger partial charge in [-0.15, -0.1) is 0 Å². The fraction of sp³-hybridized carbons (Fsp3) is 0.442. The fourth-order valence-corrected chi connectivity index (χ4v) is 9.06. The zero-order chi connectivity index (χ0) is 43.5. The Kier molecular flexibility index (Phi) is 16.4. The van der Waals surface area contributed by atoms with Gasteiger partial charge in [0.2, 0.25) is 0 Å². The molecule has 1 saturated heterocycles. The normalized spacial score (nSPS) is 18.8. The first-order chi connectivity index (χ1) is 28.7. The highest BCUT2D eigenvalue weighted by Gasteiger charge is 2.51. The number of methoxy groups -OCH3 is 1. The van der Waals surface area contributed by atoms with Crippen molar-refractivity contribution in [3.05, 3.63) is 140 Å². The molecule has 5 unspecified atom stereocenters. The average molecular weight is 854 g/mol. The molecule has 322 valence electrons. The summed E-state index contributed by atoms with van der Waals surface area (Å²) in [7, 11) is -0.443. The number of carbonyl (C=O) groups is 1. The summed E-state index contributed by atoms with van der Waals surface area (Å²) in [6.45, 7) is 7.60. The number of aryl methyl sites for hydroxylation is 1. The third-order valence-corrected chi connectivity index (χ3v) is 12.0. The molecule has 5 rings (SSSR count). The van der Waals surface area contributed by atoms with Gasteiger partial charge < -0.3 is 28.6 Å². The van der Waals surface area contributed by atoms with Crippen LogP contribution in [-0.4, -0.2) is 83.6 Å². The van der Waals surface area contributed by atoms with E-state index in [2.05, 4.69) is 15.7 Å². The van der Waals surface area contributed by atoms with E-state index in [-0.39, 0.29) is 56.7 Å². The van der Waals surface area contributed by atoms with Gasteiger partial charge >= 0.3 is 17.8 Å². The molecule has 1 amide bonds. The Balaban J connectivity index is 1.58. The van der Waals surface area contributed by atoms with Crippen molar-refractivity contribution >= 4 is 14.4 Å². The third kappa shape index (κ3) is 11.0. The van der Waals surface area contributed by atoms with Crippen LogP contribution in [0.2, 0.25) is 0 Å². The Morgan fingerprint density at radius 1 is 0.933 bits per heavy atom. The molecule has 13 nitrogen and oxygen atoms in total. The van der Waals surface area contributed by atoms with Crippen LogP contribution < -0.4 is 16.6 Å². The Morgan fingerprint density at radius 3 is 1.97 bits per heavy atom. The van der Waals surface area contributed by atoms with Crippen LogP contribution in [0.1, 0.15) is 69.0 Å². The quantitative estimate of drug-likeness (QED) is 0.0555. The van der Waals surface area contributed by atoms with Crippen molar-refractivity contribution in [1.82, 2.24) is 19.5 Å². The van der Waals surface area contributed by atoms with Gasteiger partial charge in [-0.2, -0.15) is 18.4 Å². The highest BCUT2D eigenvalue weighted by atomic mass is 31.2. The molecule has 0 spiro atoms. The number of hydrogen-bond donors (Lipinski definition) is 2. The van der Waals surface area contributed by atoms with Crippen LogP contribution in [0.25, 0.3) is 0 Å². The molecule has 2 N–H and O–H groups in total. The molecular weight excluding hydrogens is 802 g/mol. The summed E-state index contributed by atoms with van der Waals surface area (Å²) >= 11 is 0. The topological polar surface area (TPSA) is 157 Å². The lowest BCUT2D eigenvalue weighted by Crippen LogP contribution is -2.43. The van der Waals surface area contributed by atoms with Gasteiger partial charge in [0.25, 0.3) is 14.1 Å². The largest absolute Gasteiger partial charge is 0.471 e. The highest BCUT2D eigenvalue weighted by molar-refractivity contribution is 7.44. The maximum Gasteiger partial charge on any atom is 0.471 e. The summed E-state index contributed by atoms with van der Waals surface area (Å²) in [5, 5.41) is 11.2. The molecular formula is C43H51F3N5O8P. The number of carbonyl (C=O) groups excluding carboxylic acids is 1. The lowest BCUT2D eigenvalue weighted by atomic mass is 9.80. The number of ether oxygens (including phenoxy) is 3. The van der Waals surface area contributed by atoms with Crippen LogP contribution in [-0.2, 0) is 40.1 Å². The van der Waals surface area contributed by atoms with Gasteiger partial charge in [0, 0.05) is 37.5 Å². The molecule has 5 atom stereocenters.